The number of carbonyl (C=O) groups is 2. The molecule has 146 valence electrons. The third-order valence-corrected chi connectivity index (χ3v) is 5.06. The number of urea groups is 1. The van der Waals surface area contributed by atoms with Gasteiger partial charge in [0.25, 0.3) is 0 Å². The number of benzene rings is 1. The maximum atomic E-state index is 12.7. The topological polar surface area (TPSA) is 83.1 Å². The lowest BCUT2D eigenvalue weighted by Gasteiger charge is -2.07. The van der Waals surface area contributed by atoms with E-state index in [-0.39, 0.29) is 11.8 Å². The van der Waals surface area contributed by atoms with Crippen LogP contribution in [0.2, 0.25) is 0 Å². The summed E-state index contributed by atoms with van der Waals surface area (Å²) in [5.41, 5.74) is 1.79. The van der Waals surface area contributed by atoms with Gasteiger partial charge >= 0.3 is 6.03 Å². The molecule has 0 spiro atoms. The van der Waals surface area contributed by atoms with E-state index >= 15 is 0 Å². The molecule has 0 aliphatic rings. The van der Waals surface area contributed by atoms with E-state index in [0.29, 0.717) is 24.5 Å². The molecule has 7 heteroatoms. The minimum atomic E-state index is -0.125. The summed E-state index contributed by atoms with van der Waals surface area (Å²) in [4.78, 5) is 29.1. The molecule has 2 aromatic rings. The molecule has 0 bridgehead atoms. The van der Waals surface area contributed by atoms with Crippen LogP contribution >= 0.6 is 11.3 Å². The Hall–Kier alpha value is -2.41. The van der Waals surface area contributed by atoms with Crippen molar-refractivity contribution in [2.24, 2.45) is 0 Å². The van der Waals surface area contributed by atoms with Crippen molar-refractivity contribution in [1.29, 1.82) is 0 Å². The van der Waals surface area contributed by atoms with Crippen LogP contribution in [0.4, 0.5) is 9.93 Å². The number of anilines is 1. The predicted molar refractivity (Wildman–Crippen MR) is 111 cm³/mol. The summed E-state index contributed by atoms with van der Waals surface area (Å²) < 4.78 is 0. The second-order valence-corrected chi connectivity index (χ2v) is 7.22. The molecule has 0 fully saturated rings. The van der Waals surface area contributed by atoms with Crippen molar-refractivity contribution in [2.45, 2.75) is 39.5 Å². The highest BCUT2D eigenvalue weighted by molar-refractivity contribution is 7.17. The van der Waals surface area contributed by atoms with Gasteiger partial charge in [-0.1, -0.05) is 55.9 Å². The van der Waals surface area contributed by atoms with Crippen molar-refractivity contribution in [3.8, 4) is 0 Å². The first-order valence-corrected chi connectivity index (χ1v) is 10.3. The van der Waals surface area contributed by atoms with Crippen LogP contribution in [-0.4, -0.2) is 36.4 Å². The fourth-order valence-corrected chi connectivity index (χ4v) is 3.37. The van der Waals surface area contributed by atoms with E-state index in [1.807, 2.05) is 31.2 Å². The maximum absolute atomic E-state index is 12.7. The van der Waals surface area contributed by atoms with Gasteiger partial charge in [0.2, 0.25) is 5.78 Å². The number of hydrogen-bond donors (Lipinski definition) is 3. The van der Waals surface area contributed by atoms with Crippen molar-refractivity contribution >= 4 is 28.3 Å². The highest BCUT2D eigenvalue weighted by atomic mass is 32.1. The SMILES string of the molecule is CCCCNC(=O)NCCCNc1ncc(C(=O)c2ccccc2CC)s1. The van der Waals surface area contributed by atoms with Crippen LogP contribution in [0.5, 0.6) is 0 Å². The zero-order chi connectivity index (χ0) is 19.5. The summed E-state index contributed by atoms with van der Waals surface area (Å²) in [6.07, 6.45) is 5.28. The molecule has 6 nitrogen and oxygen atoms in total. The van der Waals surface area contributed by atoms with Crippen LogP contribution in [0.3, 0.4) is 0 Å². The summed E-state index contributed by atoms with van der Waals surface area (Å²) in [5.74, 6) is 0.0171. The lowest BCUT2D eigenvalue weighted by molar-refractivity contribution is 0.104. The van der Waals surface area contributed by atoms with E-state index in [9.17, 15) is 9.59 Å². The Balaban J connectivity index is 1.74. The molecule has 27 heavy (non-hydrogen) atoms. The zero-order valence-electron chi connectivity index (χ0n) is 16.0. The third-order valence-electron chi connectivity index (χ3n) is 4.10. The van der Waals surface area contributed by atoms with Crippen LogP contribution < -0.4 is 16.0 Å². The molecule has 0 atom stereocenters. The fourth-order valence-electron chi connectivity index (χ4n) is 2.57. The standard InChI is InChI=1S/C20H28N4O2S/c1-3-5-11-21-19(26)22-12-8-13-23-20-24-14-17(27-20)18(25)16-10-7-6-9-15(16)4-2/h6-7,9-10,14H,3-5,8,11-13H2,1-2H3,(H,23,24)(H2,21,22,26). The van der Waals surface area contributed by atoms with Crippen molar-refractivity contribution in [2.75, 3.05) is 25.0 Å². The number of amides is 2. The number of nitrogens with one attached hydrogen (secondary N) is 3. The number of aromatic nitrogens is 1. The Labute approximate surface area is 164 Å². The Morgan fingerprint density at radius 1 is 1.04 bits per heavy atom. The van der Waals surface area contributed by atoms with Crippen LogP contribution in [0.25, 0.3) is 0 Å². The summed E-state index contributed by atoms with van der Waals surface area (Å²) in [6, 6.07) is 7.57. The average molecular weight is 389 g/mol. The number of ketones is 1. The minimum absolute atomic E-state index is 0.0171. The molecule has 1 aromatic carbocycles. The van der Waals surface area contributed by atoms with E-state index in [2.05, 4.69) is 27.9 Å². The molecule has 0 saturated heterocycles. The van der Waals surface area contributed by atoms with Gasteiger partial charge in [-0.15, -0.1) is 0 Å². The quantitative estimate of drug-likeness (QED) is 0.403. The number of nitrogens with zero attached hydrogens (tertiary/aromatic N) is 1. The Bertz CT molecular complexity index is 745. The van der Waals surface area contributed by atoms with Crippen LogP contribution in [0.15, 0.2) is 30.5 Å². The predicted octanol–water partition coefficient (Wildman–Crippen LogP) is 3.84. The van der Waals surface area contributed by atoms with Gasteiger partial charge in [-0.3, -0.25) is 4.79 Å². The van der Waals surface area contributed by atoms with Gasteiger partial charge in [0.1, 0.15) is 0 Å². The van der Waals surface area contributed by atoms with Gasteiger partial charge in [-0.25, -0.2) is 9.78 Å². The van der Waals surface area contributed by atoms with Gasteiger partial charge in [-0.05, 0) is 24.8 Å². The smallest absolute Gasteiger partial charge is 0.314 e. The Morgan fingerprint density at radius 2 is 1.78 bits per heavy atom. The van der Waals surface area contributed by atoms with E-state index in [1.54, 1.807) is 6.20 Å². The number of unbranched alkanes of at least 4 members (excludes halogenated alkanes) is 1. The number of rotatable bonds is 11. The molecule has 0 aliphatic heterocycles. The van der Waals surface area contributed by atoms with Crippen LogP contribution in [-0.2, 0) is 6.42 Å². The monoisotopic (exact) mass is 388 g/mol. The highest BCUT2D eigenvalue weighted by Gasteiger charge is 2.15. The first-order chi connectivity index (χ1) is 13.2. The number of thiazole rings is 1. The van der Waals surface area contributed by atoms with Crippen molar-refractivity contribution in [1.82, 2.24) is 15.6 Å². The van der Waals surface area contributed by atoms with Crippen LogP contribution in [0, 0.1) is 0 Å². The van der Waals surface area contributed by atoms with Crippen LogP contribution in [0.1, 0.15) is 53.9 Å². The second kappa shape index (κ2) is 11.3. The highest BCUT2D eigenvalue weighted by Crippen LogP contribution is 2.23. The Kier molecular flexibility index (Phi) is 8.77. The molecule has 0 saturated carbocycles. The molecule has 2 amide bonds. The normalized spacial score (nSPS) is 10.4. The molecule has 0 radical (unpaired) electrons. The zero-order valence-corrected chi connectivity index (χ0v) is 16.8. The minimum Gasteiger partial charge on any atom is -0.361 e. The maximum Gasteiger partial charge on any atom is 0.314 e. The van der Waals surface area contributed by atoms with E-state index in [1.165, 1.54) is 11.3 Å². The van der Waals surface area contributed by atoms with E-state index in [0.717, 1.165) is 41.9 Å². The molecule has 0 aliphatic carbocycles. The lowest BCUT2D eigenvalue weighted by Crippen LogP contribution is -2.36. The van der Waals surface area contributed by atoms with Gasteiger partial charge in [0.15, 0.2) is 5.13 Å². The molecule has 2 rings (SSSR count). The second-order valence-electron chi connectivity index (χ2n) is 6.19. The Morgan fingerprint density at radius 3 is 2.52 bits per heavy atom. The fraction of sp³-hybridized carbons (Fsp3) is 0.450. The first kappa shape index (κ1) is 20.9. The molecule has 1 heterocycles. The molecule has 3 N–H and O–H groups in total. The number of aryl methyl sites for hydroxylation is 1. The van der Waals surface area contributed by atoms with E-state index < -0.39 is 0 Å². The van der Waals surface area contributed by atoms with Gasteiger partial charge in [-0.2, -0.15) is 0 Å². The average Bonchev–Trinajstić information content (AvgIpc) is 3.16. The molecular formula is C20H28N4O2S. The summed E-state index contributed by atoms with van der Waals surface area (Å²) in [7, 11) is 0. The number of carbonyl (C=O) groups excluding carboxylic acids is 2. The summed E-state index contributed by atoms with van der Waals surface area (Å²) in [5, 5.41) is 9.57. The van der Waals surface area contributed by atoms with Crippen molar-refractivity contribution < 1.29 is 9.59 Å². The van der Waals surface area contributed by atoms with Gasteiger partial charge in [0.05, 0.1) is 11.1 Å². The van der Waals surface area contributed by atoms with E-state index in [4.69, 9.17) is 0 Å². The summed E-state index contributed by atoms with van der Waals surface area (Å²) >= 11 is 1.36. The first-order valence-electron chi connectivity index (χ1n) is 9.49. The van der Waals surface area contributed by atoms with Crippen molar-refractivity contribution in [3.05, 3.63) is 46.5 Å². The number of hydrogen-bond acceptors (Lipinski definition) is 5. The van der Waals surface area contributed by atoms with Gasteiger partial charge < -0.3 is 16.0 Å². The molecular weight excluding hydrogens is 360 g/mol. The largest absolute Gasteiger partial charge is 0.361 e. The molecule has 0 unspecified atom stereocenters. The lowest BCUT2D eigenvalue weighted by atomic mass is 10.0. The van der Waals surface area contributed by atoms with Gasteiger partial charge in [0, 0.05) is 25.2 Å². The third kappa shape index (κ3) is 6.67. The summed E-state index contributed by atoms with van der Waals surface area (Å²) in [6.45, 7) is 6.11. The van der Waals surface area contributed by atoms with Crippen molar-refractivity contribution in [3.63, 3.8) is 0 Å². The molecule has 1 aromatic heterocycles.